The fourth-order valence-corrected chi connectivity index (χ4v) is 6.72. The second-order valence-corrected chi connectivity index (χ2v) is 11.2. The lowest BCUT2D eigenvalue weighted by atomic mass is 10.0. The Morgan fingerprint density at radius 2 is 1.85 bits per heavy atom. The molecule has 206 valence electrons. The van der Waals surface area contributed by atoms with Crippen LogP contribution in [0.1, 0.15) is 30.3 Å². The number of para-hydroxylation sites is 1. The molecule has 0 aliphatic carbocycles. The van der Waals surface area contributed by atoms with E-state index in [1.807, 2.05) is 96.0 Å². The first-order valence-electron chi connectivity index (χ1n) is 13.0. The Morgan fingerprint density at radius 3 is 2.54 bits per heavy atom. The topological polar surface area (TPSA) is 87.7 Å². The van der Waals surface area contributed by atoms with Crippen molar-refractivity contribution in [3.05, 3.63) is 120 Å². The van der Waals surface area contributed by atoms with Gasteiger partial charge in [-0.3, -0.25) is 9.36 Å². The van der Waals surface area contributed by atoms with Crippen molar-refractivity contribution in [2.75, 3.05) is 13.7 Å². The van der Waals surface area contributed by atoms with Crippen molar-refractivity contribution in [3.63, 3.8) is 0 Å². The van der Waals surface area contributed by atoms with Gasteiger partial charge in [-0.1, -0.05) is 35.6 Å². The lowest BCUT2D eigenvalue weighted by molar-refractivity contribution is -0.136. The second kappa shape index (κ2) is 11.1. The van der Waals surface area contributed by atoms with Crippen molar-refractivity contribution < 1.29 is 14.3 Å². The van der Waals surface area contributed by atoms with Crippen LogP contribution in [-0.2, 0) is 9.53 Å². The van der Waals surface area contributed by atoms with Crippen LogP contribution < -0.4 is 19.6 Å². The molecule has 2 aromatic carbocycles. The summed E-state index contributed by atoms with van der Waals surface area (Å²) >= 11 is 2.77. The molecule has 0 bridgehead atoms. The van der Waals surface area contributed by atoms with Crippen molar-refractivity contribution in [2.24, 2.45) is 4.99 Å². The minimum Gasteiger partial charge on any atom is -0.494 e. The number of nitrogens with zero attached hydrogens (tertiary/aromatic N) is 4. The van der Waals surface area contributed by atoms with E-state index in [0.29, 0.717) is 27.2 Å². The summed E-state index contributed by atoms with van der Waals surface area (Å²) in [5.41, 5.74) is 3.96. The monoisotopic (exact) mass is 582 g/mol. The average Bonchev–Trinajstić information content (AvgIpc) is 3.74. The van der Waals surface area contributed by atoms with E-state index in [0.717, 1.165) is 33.1 Å². The fraction of sp³-hybridized carbons (Fsp3) is 0.161. The van der Waals surface area contributed by atoms with Gasteiger partial charge < -0.3 is 9.47 Å². The van der Waals surface area contributed by atoms with Crippen LogP contribution in [0, 0.1) is 0 Å². The van der Waals surface area contributed by atoms with Crippen molar-refractivity contribution in [1.29, 1.82) is 0 Å². The van der Waals surface area contributed by atoms with Crippen LogP contribution in [0.4, 0.5) is 0 Å². The molecule has 4 heterocycles. The highest BCUT2D eigenvalue weighted by Gasteiger charge is 2.33. The molecule has 8 nitrogen and oxygen atoms in total. The summed E-state index contributed by atoms with van der Waals surface area (Å²) in [5, 5.41) is 6.82. The number of benzene rings is 2. The van der Waals surface area contributed by atoms with Gasteiger partial charge in [-0.2, -0.15) is 5.10 Å². The van der Waals surface area contributed by atoms with Gasteiger partial charge in [-0.25, -0.2) is 14.5 Å². The predicted molar refractivity (Wildman–Crippen MR) is 160 cm³/mol. The van der Waals surface area contributed by atoms with E-state index in [9.17, 15) is 9.59 Å². The van der Waals surface area contributed by atoms with E-state index < -0.39 is 12.0 Å². The molecule has 0 amide bonds. The number of hydrogen-bond donors (Lipinski definition) is 0. The Morgan fingerprint density at radius 1 is 1.07 bits per heavy atom. The number of methoxy groups -OCH3 is 1. The van der Waals surface area contributed by atoms with Gasteiger partial charge in [0.2, 0.25) is 0 Å². The van der Waals surface area contributed by atoms with Crippen LogP contribution >= 0.6 is 22.7 Å². The highest BCUT2D eigenvalue weighted by Crippen LogP contribution is 2.33. The lowest BCUT2D eigenvalue weighted by Crippen LogP contribution is -2.39. The van der Waals surface area contributed by atoms with Gasteiger partial charge in [-0.15, -0.1) is 11.3 Å². The maximum atomic E-state index is 14.0. The summed E-state index contributed by atoms with van der Waals surface area (Å²) in [6.07, 6.45) is 3.77. The zero-order chi connectivity index (χ0) is 28.5. The number of fused-ring (bicyclic) bond motifs is 1. The smallest absolute Gasteiger partial charge is 0.338 e. The summed E-state index contributed by atoms with van der Waals surface area (Å²) in [4.78, 5) is 32.9. The van der Waals surface area contributed by atoms with Gasteiger partial charge in [0.1, 0.15) is 17.5 Å². The van der Waals surface area contributed by atoms with E-state index >= 15 is 0 Å². The maximum absolute atomic E-state index is 14.0. The third-order valence-electron chi connectivity index (χ3n) is 6.73. The second-order valence-electron chi connectivity index (χ2n) is 9.26. The Kier molecular flexibility index (Phi) is 7.25. The zero-order valence-electron chi connectivity index (χ0n) is 22.6. The largest absolute Gasteiger partial charge is 0.494 e. The molecule has 6 rings (SSSR count). The van der Waals surface area contributed by atoms with Crippen LogP contribution in [0.3, 0.4) is 0 Å². The third kappa shape index (κ3) is 4.96. The molecular formula is C31H26N4O4S2. The number of rotatable bonds is 7. The molecule has 0 unspecified atom stereocenters. The van der Waals surface area contributed by atoms with Crippen molar-refractivity contribution >= 4 is 34.7 Å². The number of thiophene rings is 1. The minimum atomic E-state index is -0.613. The molecule has 41 heavy (non-hydrogen) atoms. The van der Waals surface area contributed by atoms with E-state index in [1.54, 1.807) is 11.5 Å². The molecule has 0 N–H and O–H groups in total. The first-order chi connectivity index (χ1) is 20.0. The van der Waals surface area contributed by atoms with Crippen LogP contribution in [0.5, 0.6) is 5.75 Å². The first kappa shape index (κ1) is 26.7. The maximum Gasteiger partial charge on any atom is 0.338 e. The summed E-state index contributed by atoms with van der Waals surface area (Å²) in [7, 11) is 1.34. The molecule has 1 aliphatic heterocycles. The van der Waals surface area contributed by atoms with Crippen LogP contribution in [0.2, 0.25) is 0 Å². The lowest BCUT2D eigenvalue weighted by Gasteiger charge is -2.22. The molecule has 5 aromatic rings. The average molecular weight is 583 g/mol. The van der Waals surface area contributed by atoms with Gasteiger partial charge in [0.25, 0.3) is 5.56 Å². The molecule has 0 spiro atoms. The van der Waals surface area contributed by atoms with Gasteiger partial charge in [-0.05, 0) is 67.8 Å². The predicted octanol–water partition coefficient (Wildman–Crippen LogP) is 4.72. The van der Waals surface area contributed by atoms with E-state index in [-0.39, 0.29) is 5.56 Å². The summed E-state index contributed by atoms with van der Waals surface area (Å²) in [6.45, 7) is 4.30. The molecule has 0 saturated carbocycles. The summed E-state index contributed by atoms with van der Waals surface area (Å²) < 4.78 is 14.6. The fourth-order valence-electron chi connectivity index (χ4n) is 4.86. The normalized spacial score (nSPS) is 15.0. The Balaban J connectivity index is 1.54. The minimum absolute atomic E-state index is 0.230. The third-order valence-corrected chi connectivity index (χ3v) is 8.64. The Hall–Kier alpha value is -4.54. The molecule has 10 heteroatoms. The highest BCUT2D eigenvalue weighted by molar-refractivity contribution is 7.10. The Labute approximate surface area is 243 Å². The number of carbonyl (C=O) groups excluding carboxylic acids is 1. The SMILES string of the molecule is CCOc1ccc(-c2nn(-c3ccccc3)cc2/C=c2\sc3n(c2=O)[C@H](c2cccs2)C(C(=O)OC)=C(C)N=3)cc1. The van der Waals surface area contributed by atoms with Gasteiger partial charge in [0, 0.05) is 22.2 Å². The van der Waals surface area contributed by atoms with Crippen molar-refractivity contribution in [1.82, 2.24) is 14.3 Å². The standard InChI is InChI=1S/C31H26N4O4S2/c1-4-39-23-14-12-20(13-15-23)27-21(18-34(33-27)22-9-6-5-7-10-22)17-25-29(36)35-28(24-11-8-16-40-24)26(30(37)38-3)19(2)32-31(35)41-25/h5-18,28H,4H2,1-3H3/b25-17-/t28-/m1/s1. The van der Waals surface area contributed by atoms with Crippen molar-refractivity contribution in [2.45, 2.75) is 19.9 Å². The summed E-state index contributed by atoms with van der Waals surface area (Å²) in [6, 6.07) is 20.8. The van der Waals surface area contributed by atoms with Crippen LogP contribution in [0.25, 0.3) is 23.0 Å². The number of allylic oxidation sites excluding steroid dienone is 1. The highest BCUT2D eigenvalue weighted by atomic mass is 32.1. The molecule has 3 aromatic heterocycles. The number of thiazole rings is 1. The van der Waals surface area contributed by atoms with Gasteiger partial charge in [0.05, 0.1) is 35.2 Å². The van der Waals surface area contributed by atoms with Gasteiger partial charge in [0.15, 0.2) is 4.80 Å². The molecule has 1 aliphatic rings. The number of ether oxygens (including phenoxy) is 2. The van der Waals surface area contributed by atoms with E-state index in [2.05, 4.69) is 4.99 Å². The van der Waals surface area contributed by atoms with E-state index in [1.165, 1.54) is 29.8 Å². The van der Waals surface area contributed by atoms with Crippen LogP contribution in [-0.4, -0.2) is 34.0 Å². The number of aromatic nitrogens is 3. The molecule has 1 atom stereocenters. The van der Waals surface area contributed by atoms with E-state index in [4.69, 9.17) is 14.6 Å². The number of hydrogen-bond acceptors (Lipinski definition) is 8. The molecular weight excluding hydrogens is 556 g/mol. The molecule has 0 fully saturated rings. The first-order valence-corrected chi connectivity index (χ1v) is 14.7. The quantitative estimate of drug-likeness (QED) is 0.259. The molecule has 0 radical (unpaired) electrons. The number of carbonyl (C=O) groups is 1. The molecule has 0 saturated heterocycles. The zero-order valence-corrected chi connectivity index (χ0v) is 24.2. The number of esters is 1. The summed E-state index contributed by atoms with van der Waals surface area (Å²) in [5.74, 6) is 0.278. The van der Waals surface area contributed by atoms with Crippen molar-refractivity contribution in [3.8, 4) is 22.7 Å². The van der Waals surface area contributed by atoms with Gasteiger partial charge >= 0.3 is 5.97 Å². The van der Waals surface area contributed by atoms with Crippen LogP contribution in [0.15, 0.2) is 99.4 Å². The Bertz CT molecular complexity index is 1930.